The third kappa shape index (κ3) is 1.43. The van der Waals surface area contributed by atoms with Gasteiger partial charge in [0.05, 0.1) is 0 Å². The predicted molar refractivity (Wildman–Crippen MR) is 36.5 cm³/mol. The van der Waals surface area contributed by atoms with E-state index in [0.29, 0.717) is 5.84 Å². The van der Waals surface area contributed by atoms with Crippen molar-refractivity contribution in [2.75, 3.05) is 0 Å². The second-order valence-corrected chi connectivity index (χ2v) is 2.26. The average molecular weight is 126 g/mol. The van der Waals surface area contributed by atoms with Crippen LogP contribution in [0, 0.1) is 0 Å². The van der Waals surface area contributed by atoms with E-state index in [1.165, 1.54) is 0 Å². The minimum absolute atomic E-state index is 0.456. The first-order chi connectivity index (χ1) is 4.10. The molecule has 0 aromatic carbocycles. The maximum atomic E-state index is 5.58. The van der Waals surface area contributed by atoms with Gasteiger partial charge in [0.1, 0.15) is 11.5 Å². The largest absolute Gasteiger partial charge is 0.382 e. The van der Waals surface area contributed by atoms with Crippen molar-refractivity contribution in [3.63, 3.8) is 0 Å². The van der Waals surface area contributed by atoms with Crippen LogP contribution in [0.2, 0.25) is 0 Å². The fourth-order valence-corrected chi connectivity index (χ4v) is 0.518. The number of hydrazone groups is 1. The number of nitrogens with one attached hydrogen (secondary N) is 1. The number of hydrogen-bond donors (Lipinski definition) is 3. The highest BCUT2D eigenvalue weighted by atomic mass is 15.4. The molecule has 0 amide bonds. The fraction of sp³-hybridized carbons (Fsp3) is 0.400. The molecule has 0 aliphatic carbocycles. The van der Waals surface area contributed by atoms with E-state index in [-0.39, 0.29) is 0 Å². The zero-order valence-electron chi connectivity index (χ0n) is 5.26. The van der Waals surface area contributed by atoms with Gasteiger partial charge in [0.25, 0.3) is 0 Å². The van der Waals surface area contributed by atoms with E-state index >= 15 is 0 Å². The Kier molecular flexibility index (Phi) is 1.17. The molecule has 1 unspecified atom stereocenters. The van der Waals surface area contributed by atoms with Gasteiger partial charge in [-0.2, -0.15) is 5.10 Å². The van der Waals surface area contributed by atoms with Crippen LogP contribution in [0.5, 0.6) is 0 Å². The van der Waals surface area contributed by atoms with Gasteiger partial charge < -0.3 is 11.5 Å². The molecular formula is C5H10N4. The van der Waals surface area contributed by atoms with E-state index in [1.54, 1.807) is 19.1 Å². The van der Waals surface area contributed by atoms with Crippen LogP contribution in [0.25, 0.3) is 0 Å². The van der Waals surface area contributed by atoms with Crippen LogP contribution in [0.3, 0.4) is 0 Å². The van der Waals surface area contributed by atoms with Crippen molar-refractivity contribution in [2.24, 2.45) is 16.6 Å². The SMILES string of the molecule is CC1(N)C=CC(N)=NN1. The smallest absolute Gasteiger partial charge is 0.143 e. The Balaban J connectivity index is 2.70. The van der Waals surface area contributed by atoms with Crippen molar-refractivity contribution in [3.8, 4) is 0 Å². The van der Waals surface area contributed by atoms with Gasteiger partial charge in [-0.15, -0.1) is 0 Å². The molecule has 0 radical (unpaired) electrons. The monoisotopic (exact) mass is 126 g/mol. The van der Waals surface area contributed by atoms with Gasteiger partial charge >= 0.3 is 0 Å². The highest BCUT2D eigenvalue weighted by Gasteiger charge is 2.14. The van der Waals surface area contributed by atoms with Crippen LogP contribution in [0.15, 0.2) is 17.3 Å². The van der Waals surface area contributed by atoms with Gasteiger partial charge in [-0.3, -0.25) is 5.43 Å². The first-order valence-electron chi connectivity index (χ1n) is 2.69. The molecule has 0 spiro atoms. The van der Waals surface area contributed by atoms with Crippen molar-refractivity contribution >= 4 is 5.84 Å². The van der Waals surface area contributed by atoms with Gasteiger partial charge in [0.15, 0.2) is 0 Å². The van der Waals surface area contributed by atoms with Crippen LogP contribution in [-0.2, 0) is 0 Å². The molecule has 50 valence electrons. The first kappa shape index (κ1) is 6.10. The minimum atomic E-state index is -0.539. The minimum Gasteiger partial charge on any atom is -0.382 e. The van der Waals surface area contributed by atoms with Crippen molar-refractivity contribution in [1.29, 1.82) is 0 Å². The lowest BCUT2D eigenvalue weighted by Gasteiger charge is -2.22. The Morgan fingerprint density at radius 3 is 2.78 bits per heavy atom. The summed E-state index contributed by atoms with van der Waals surface area (Å²) in [6.07, 6.45) is 3.44. The maximum Gasteiger partial charge on any atom is 0.143 e. The Hall–Kier alpha value is -1.03. The van der Waals surface area contributed by atoms with Crippen LogP contribution < -0.4 is 16.9 Å². The summed E-state index contributed by atoms with van der Waals surface area (Å²) in [5.41, 5.74) is 13.0. The molecule has 1 aliphatic rings. The van der Waals surface area contributed by atoms with Crippen molar-refractivity contribution in [3.05, 3.63) is 12.2 Å². The predicted octanol–water partition coefficient (Wildman–Crippen LogP) is -0.907. The zero-order chi connectivity index (χ0) is 6.91. The number of hydrogen-bond acceptors (Lipinski definition) is 4. The summed E-state index contributed by atoms with van der Waals surface area (Å²) in [6.45, 7) is 1.80. The van der Waals surface area contributed by atoms with Crippen LogP contribution in [0.4, 0.5) is 0 Å². The van der Waals surface area contributed by atoms with Crippen molar-refractivity contribution in [2.45, 2.75) is 12.6 Å². The Morgan fingerprint density at radius 1 is 1.78 bits per heavy atom. The van der Waals surface area contributed by atoms with Gasteiger partial charge in [-0.1, -0.05) is 0 Å². The molecule has 0 saturated carbocycles. The topological polar surface area (TPSA) is 76.4 Å². The van der Waals surface area contributed by atoms with Gasteiger partial charge in [-0.05, 0) is 19.1 Å². The van der Waals surface area contributed by atoms with E-state index in [4.69, 9.17) is 11.5 Å². The number of amidine groups is 1. The normalized spacial score (nSPS) is 33.3. The molecule has 0 fully saturated rings. The first-order valence-corrected chi connectivity index (χ1v) is 2.69. The summed E-state index contributed by atoms with van der Waals surface area (Å²) in [4.78, 5) is 0. The summed E-state index contributed by atoms with van der Waals surface area (Å²) < 4.78 is 0. The summed E-state index contributed by atoms with van der Waals surface area (Å²) in [6, 6.07) is 0. The molecule has 5 N–H and O–H groups in total. The summed E-state index contributed by atoms with van der Waals surface area (Å²) in [5.74, 6) is 0.456. The molecular weight excluding hydrogens is 116 g/mol. The number of nitrogens with two attached hydrogens (primary N) is 2. The van der Waals surface area contributed by atoms with E-state index in [0.717, 1.165) is 0 Å². The molecule has 0 bridgehead atoms. The van der Waals surface area contributed by atoms with Gasteiger partial charge in [0.2, 0.25) is 0 Å². The third-order valence-corrected chi connectivity index (χ3v) is 1.03. The lowest BCUT2D eigenvalue weighted by atomic mass is 10.2. The average Bonchev–Trinajstić information content (AvgIpc) is 1.78. The molecule has 1 aliphatic heterocycles. The molecule has 0 aromatic rings. The molecule has 9 heavy (non-hydrogen) atoms. The van der Waals surface area contributed by atoms with E-state index in [9.17, 15) is 0 Å². The quantitative estimate of drug-likeness (QED) is 0.393. The molecule has 4 nitrogen and oxygen atoms in total. The van der Waals surface area contributed by atoms with E-state index in [2.05, 4.69) is 10.5 Å². The standard InChI is InChI=1S/C5H10N4/c1-5(7)3-2-4(6)8-9-5/h2-3,9H,7H2,1H3,(H2,6,8). The lowest BCUT2D eigenvalue weighted by Crippen LogP contribution is -2.49. The zero-order valence-corrected chi connectivity index (χ0v) is 5.26. The van der Waals surface area contributed by atoms with Crippen LogP contribution in [0.1, 0.15) is 6.92 Å². The highest BCUT2D eigenvalue weighted by Crippen LogP contribution is 1.99. The number of nitrogens with zero attached hydrogens (tertiary/aromatic N) is 1. The van der Waals surface area contributed by atoms with Crippen LogP contribution in [-0.4, -0.2) is 11.5 Å². The summed E-state index contributed by atoms with van der Waals surface area (Å²) in [7, 11) is 0. The molecule has 0 saturated heterocycles. The van der Waals surface area contributed by atoms with Gasteiger partial charge in [-0.25, -0.2) is 0 Å². The highest BCUT2D eigenvalue weighted by molar-refractivity contribution is 5.91. The Labute approximate surface area is 53.6 Å². The molecule has 1 atom stereocenters. The molecule has 0 aromatic heterocycles. The van der Waals surface area contributed by atoms with E-state index < -0.39 is 5.66 Å². The van der Waals surface area contributed by atoms with Gasteiger partial charge in [0, 0.05) is 0 Å². The Bertz CT molecular complexity index is 168. The number of rotatable bonds is 0. The van der Waals surface area contributed by atoms with Crippen molar-refractivity contribution in [1.82, 2.24) is 5.43 Å². The summed E-state index contributed by atoms with van der Waals surface area (Å²) in [5, 5.41) is 3.72. The fourth-order valence-electron chi connectivity index (χ4n) is 0.518. The molecule has 1 rings (SSSR count). The Morgan fingerprint density at radius 2 is 2.44 bits per heavy atom. The lowest BCUT2D eigenvalue weighted by molar-refractivity contribution is 0.464. The van der Waals surface area contributed by atoms with E-state index in [1.807, 2.05) is 0 Å². The molecule has 4 heteroatoms. The molecule has 1 heterocycles. The second-order valence-electron chi connectivity index (χ2n) is 2.26. The summed E-state index contributed by atoms with van der Waals surface area (Å²) >= 11 is 0. The van der Waals surface area contributed by atoms with Crippen LogP contribution >= 0.6 is 0 Å². The second kappa shape index (κ2) is 1.73. The third-order valence-electron chi connectivity index (χ3n) is 1.03. The van der Waals surface area contributed by atoms with Crippen molar-refractivity contribution < 1.29 is 0 Å². The maximum absolute atomic E-state index is 5.58.